The average molecular weight is 969 g/mol. The lowest BCUT2D eigenvalue weighted by Gasteiger charge is -2.64. The second kappa shape index (κ2) is 18.0. The number of ketones is 1. The van der Waals surface area contributed by atoms with Crippen molar-refractivity contribution in [3.63, 3.8) is 0 Å². The van der Waals surface area contributed by atoms with Crippen LogP contribution in [0.25, 0.3) is 17.1 Å². The van der Waals surface area contributed by atoms with Gasteiger partial charge in [0.1, 0.15) is 17.1 Å². The molecule has 1 aromatic heterocycles. The van der Waals surface area contributed by atoms with Crippen LogP contribution in [-0.4, -0.2) is 123 Å². The highest BCUT2D eigenvalue weighted by molar-refractivity contribution is 6.15. The van der Waals surface area contributed by atoms with Crippen LogP contribution in [0.2, 0.25) is 0 Å². The third-order valence-electron chi connectivity index (χ3n) is 16.2. The molecule has 2 N–H and O–H groups in total. The number of hydrogen-bond donors (Lipinski definition) is 2. The zero-order valence-corrected chi connectivity index (χ0v) is 42.6. The number of aliphatic hydroxyl groups is 1. The number of ether oxygens (including phenoxy) is 4. The number of aliphatic imine (C=N–C) groups is 1. The average Bonchev–Trinajstić information content (AvgIpc) is 3.77. The van der Waals surface area contributed by atoms with Crippen molar-refractivity contribution >= 4 is 52.3 Å². The molecule has 2 aromatic carbocycles. The topological polar surface area (TPSA) is 174 Å². The lowest BCUT2D eigenvalue weighted by molar-refractivity contribution is -0.206. The van der Waals surface area contributed by atoms with Gasteiger partial charge in [0.2, 0.25) is 17.8 Å². The number of imidazole rings is 1. The second-order valence-electron chi connectivity index (χ2n) is 22.0. The minimum absolute atomic E-state index is 0.0129. The van der Waals surface area contributed by atoms with Gasteiger partial charge in [-0.15, -0.1) is 0 Å². The number of likely N-dealkylation sites (N-methyl/N-ethyl adjacent to an activating group) is 1. The molecule has 3 aromatic rings. The maximum Gasteiger partial charge on any atom is 0.311 e. The van der Waals surface area contributed by atoms with Crippen molar-refractivity contribution in [3.05, 3.63) is 82.0 Å². The molecule has 6 heterocycles. The van der Waals surface area contributed by atoms with Crippen molar-refractivity contribution in [1.29, 1.82) is 0 Å². The fraction of sp³-hybridized carbons (Fsp3) is 0.536. The number of piperazine rings is 1. The highest BCUT2D eigenvalue weighted by atomic mass is 16.6. The highest BCUT2D eigenvalue weighted by Gasteiger charge is 2.85. The molecule has 2 saturated heterocycles. The normalized spacial score (nSPS) is 28.4. The van der Waals surface area contributed by atoms with Gasteiger partial charge in [-0.2, -0.15) is 0 Å². The minimum atomic E-state index is -1.60. The van der Waals surface area contributed by atoms with Gasteiger partial charge >= 0.3 is 5.97 Å². The van der Waals surface area contributed by atoms with Crippen LogP contribution in [0.15, 0.2) is 70.3 Å². The Morgan fingerprint density at radius 3 is 2.44 bits per heavy atom. The number of Topliss-reactive ketones (excluding diaryl/α,β-unsaturated/α-hetero) is 1. The largest absolute Gasteiger partial charge is 0.482 e. The van der Waals surface area contributed by atoms with E-state index < -0.39 is 46.3 Å². The van der Waals surface area contributed by atoms with E-state index in [-0.39, 0.29) is 61.7 Å². The number of nitrogens with zero attached hydrogens (tertiary/aromatic N) is 5. The standard InChI is InChI=1S/C56H68N6O9/c1-32(2)13-12-22-54(8)23-21-36-47(69-54)35(17-16-33(3)4)49-43(48(36)68-42(65)19-18-41(64)61-28-26-60(9)27-29-61)45-44-46(62-39-15-11-10-14-38(39)58-52(62)59-45)37-31-40-53(6,7)71-55(50(37)66,56(40,44)70-49)24-20-34(5)51(67)57-25-30-63/h10-11,13-16,20-21,23,37,40,44,46,63H,12,17-19,22,24-31H2,1-9H3,(H,57,67). The van der Waals surface area contributed by atoms with Crippen LogP contribution in [0.1, 0.15) is 117 Å². The molecular weight excluding hydrogens is 901 g/mol. The van der Waals surface area contributed by atoms with E-state index in [1.807, 2.05) is 76.1 Å². The molecular formula is C56H68N6O9. The number of aromatic nitrogens is 2. The number of rotatable bonds is 14. The first kappa shape index (κ1) is 48.7. The van der Waals surface area contributed by atoms with Gasteiger partial charge < -0.3 is 43.7 Å². The van der Waals surface area contributed by atoms with Gasteiger partial charge in [0, 0.05) is 68.5 Å². The number of aliphatic hydroxyl groups excluding tert-OH is 1. The monoisotopic (exact) mass is 969 g/mol. The van der Waals surface area contributed by atoms with Crippen LogP contribution in [0, 0.1) is 17.8 Å². The van der Waals surface area contributed by atoms with Crippen molar-refractivity contribution in [2.24, 2.45) is 22.7 Å². The van der Waals surface area contributed by atoms with Gasteiger partial charge in [-0.1, -0.05) is 41.5 Å². The summed E-state index contributed by atoms with van der Waals surface area (Å²) in [6.07, 6.45) is 12.2. The molecule has 0 radical (unpaired) electrons. The summed E-state index contributed by atoms with van der Waals surface area (Å²) in [6.45, 7) is 18.6. The Morgan fingerprint density at radius 1 is 0.958 bits per heavy atom. The summed E-state index contributed by atoms with van der Waals surface area (Å²) in [7, 11) is 2.03. The molecule has 3 saturated carbocycles. The molecule has 1 spiro atoms. The zero-order valence-electron chi connectivity index (χ0n) is 42.6. The Morgan fingerprint density at radius 2 is 1.70 bits per heavy atom. The van der Waals surface area contributed by atoms with Crippen LogP contribution in [0.4, 0.5) is 5.95 Å². The van der Waals surface area contributed by atoms with E-state index in [0.29, 0.717) is 77.8 Å². The third-order valence-corrected chi connectivity index (χ3v) is 16.2. The lowest BCUT2D eigenvalue weighted by Crippen LogP contribution is -2.79. The zero-order chi connectivity index (χ0) is 50.4. The van der Waals surface area contributed by atoms with E-state index in [1.165, 1.54) is 5.57 Å². The number of carbonyl (C=O) groups is 4. The van der Waals surface area contributed by atoms with Crippen LogP contribution < -0.4 is 19.5 Å². The van der Waals surface area contributed by atoms with E-state index in [0.717, 1.165) is 36.1 Å². The molecule has 5 fully saturated rings. The van der Waals surface area contributed by atoms with Gasteiger partial charge in [0.05, 0.1) is 58.5 Å². The number of nitrogens with one attached hydrogen (secondary N) is 1. The van der Waals surface area contributed by atoms with Crippen LogP contribution >= 0.6 is 0 Å². The van der Waals surface area contributed by atoms with Gasteiger partial charge in [-0.05, 0) is 112 Å². The molecule has 7 atom stereocenters. The van der Waals surface area contributed by atoms with Gasteiger partial charge in [-0.3, -0.25) is 19.2 Å². The summed E-state index contributed by atoms with van der Waals surface area (Å²) in [6, 6.07) is 7.33. The van der Waals surface area contributed by atoms with E-state index in [1.54, 1.807) is 13.0 Å². The van der Waals surface area contributed by atoms with Crippen molar-refractivity contribution in [1.82, 2.24) is 24.7 Å². The van der Waals surface area contributed by atoms with Gasteiger partial charge in [0.15, 0.2) is 22.7 Å². The molecule has 15 heteroatoms. The predicted molar refractivity (Wildman–Crippen MR) is 270 cm³/mol. The van der Waals surface area contributed by atoms with Crippen molar-refractivity contribution in [2.45, 2.75) is 129 Å². The third kappa shape index (κ3) is 7.88. The maximum absolute atomic E-state index is 16.0. The summed E-state index contributed by atoms with van der Waals surface area (Å²) in [5, 5.41) is 12.3. The summed E-state index contributed by atoms with van der Waals surface area (Å²) in [5.74, 6) is -1.16. The highest BCUT2D eigenvalue weighted by Crippen LogP contribution is 2.74. The quantitative estimate of drug-likeness (QED) is 0.0707. The molecule has 7 unspecified atom stereocenters. The number of benzene rings is 2. The van der Waals surface area contributed by atoms with Gasteiger partial charge in [-0.25, -0.2) is 9.98 Å². The summed E-state index contributed by atoms with van der Waals surface area (Å²) in [4.78, 5) is 72.1. The fourth-order valence-corrected chi connectivity index (χ4v) is 12.7. The maximum atomic E-state index is 16.0. The molecule has 11 rings (SSSR count). The SMILES string of the molecule is CC(C)=CCCC1(C)C=Cc2c(c(CC=C(C)C)c3c(c2OC(=O)CCC(=O)N2CCN(C)CC2)C2=Nc4nc5ccccc5n4C4C5CC6C(C)(C)OC(CC=C(C)C(=O)NCCO)(C5=O)C6(O3)C24)O1. The molecule has 15 nitrogen and oxygen atoms in total. The number of allylic oxidation sites excluding steroid dienone is 4. The molecule has 8 aliphatic rings. The molecule has 4 bridgehead atoms. The van der Waals surface area contributed by atoms with Crippen molar-refractivity contribution < 1.29 is 43.2 Å². The molecule has 3 aliphatic carbocycles. The molecule has 5 aliphatic heterocycles. The van der Waals surface area contributed by atoms with Crippen LogP contribution in [-0.2, 0) is 30.3 Å². The molecule has 376 valence electrons. The molecule has 71 heavy (non-hydrogen) atoms. The summed E-state index contributed by atoms with van der Waals surface area (Å²) >= 11 is 0. The van der Waals surface area contributed by atoms with Crippen LogP contribution in [0.3, 0.4) is 0 Å². The fourth-order valence-electron chi connectivity index (χ4n) is 12.7. The number of amides is 2. The molecule has 2 amide bonds. The summed E-state index contributed by atoms with van der Waals surface area (Å²) in [5.41, 5.74) is 1.91. The first-order valence-corrected chi connectivity index (χ1v) is 25.4. The Bertz CT molecular complexity index is 2890. The number of fused-ring (bicyclic) bond motifs is 6. The Labute approximate surface area is 416 Å². The minimum Gasteiger partial charge on any atom is -0.482 e. The summed E-state index contributed by atoms with van der Waals surface area (Å²) < 4.78 is 31.3. The second-order valence-corrected chi connectivity index (χ2v) is 22.0. The number of esters is 1. The Balaban J connectivity index is 1.22. The van der Waals surface area contributed by atoms with Crippen molar-refractivity contribution in [2.75, 3.05) is 46.4 Å². The Kier molecular flexibility index (Phi) is 12.3. The number of para-hydroxylation sites is 2. The first-order valence-electron chi connectivity index (χ1n) is 25.4. The van der Waals surface area contributed by atoms with E-state index in [9.17, 15) is 19.5 Å². The Hall–Kier alpha value is -5.90. The smallest absolute Gasteiger partial charge is 0.311 e. The number of carbonyl (C=O) groups excluding carboxylic acids is 4. The van der Waals surface area contributed by atoms with E-state index >= 15 is 4.79 Å². The van der Waals surface area contributed by atoms with E-state index in [4.69, 9.17) is 28.9 Å². The van der Waals surface area contributed by atoms with Crippen LogP contribution in [0.5, 0.6) is 17.2 Å². The number of hydrogen-bond acceptors (Lipinski definition) is 12. The predicted octanol–water partition coefficient (Wildman–Crippen LogP) is 7.55. The van der Waals surface area contributed by atoms with E-state index in [2.05, 4.69) is 47.7 Å². The lowest BCUT2D eigenvalue weighted by atomic mass is 9.44. The van der Waals surface area contributed by atoms with Crippen molar-refractivity contribution in [3.8, 4) is 17.2 Å². The first-order chi connectivity index (χ1) is 33.8. The van der Waals surface area contributed by atoms with Gasteiger partial charge in [0.25, 0.3) is 0 Å².